The first-order chi connectivity index (χ1) is 8.61. The van der Waals surface area contributed by atoms with E-state index in [1.54, 1.807) is 31.2 Å². The molecule has 1 aromatic carbocycles. The maximum absolute atomic E-state index is 11.5. The lowest BCUT2D eigenvalue weighted by molar-refractivity contribution is -0.139. The van der Waals surface area contributed by atoms with Gasteiger partial charge >= 0.3 is 5.97 Å². The van der Waals surface area contributed by atoms with Crippen molar-refractivity contribution in [1.29, 1.82) is 0 Å². The summed E-state index contributed by atoms with van der Waals surface area (Å²) in [4.78, 5) is 22.6. The highest BCUT2D eigenvalue weighted by molar-refractivity contribution is 8.00. The van der Waals surface area contributed by atoms with Crippen LogP contribution in [0.25, 0.3) is 0 Å². The Kier molecular flexibility index (Phi) is 6.07. The van der Waals surface area contributed by atoms with E-state index in [1.807, 2.05) is 0 Å². The van der Waals surface area contributed by atoms with Gasteiger partial charge in [0.25, 0.3) is 0 Å². The quantitative estimate of drug-likeness (QED) is 0.603. The van der Waals surface area contributed by atoms with Crippen molar-refractivity contribution in [2.24, 2.45) is 0 Å². The minimum absolute atomic E-state index is 0.158. The molecular weight excluding hydrogens is 252 g/mol. The molecule has 0 aliphatic carbocycles. The summed E-state index contributed by atoms with van der Waals surface area (Å²) >= 11 is 1.22. The van der Waals surface area contributed by atoms with Gasteiger partial charge in [-0.3, -0.25) is 9.59 Å². The molecule has 3 N–H and O–H groups in total. The van der Waals surface area contributed by atoms with Crippen LogP contribution in [0.4, 0.5) is 11.4 Å². The van der Waals surface area contributed by atoms with Crippen LogP contribution in [-0.2, 0) is 14.3 Å². The predicted molar refractivity (Wildman–Crippen MR) is 73.4 cm³/mol. The largest absolute Gasteiger partial charge is 0.465 e. The van der Waals surface area contributed by atoms with E-state index in [9.17, 15) is 9.59 Å². The van der Waals surface area contributed by atoms with E-state index >= 15 is 0 Å². The maximum atomic E-state index is 11.5. The Balaban J connectivity index is 2.25. The fourth-order valence-electron chi connectivity index (χ4n) is 1.19. The van der Waals surface area contributed by atoms with Crippen molar-refractivity contribution in [2.45, 2.75) is 6.92 Å². The van der Waals surface area contributed by atoms with Crippen molar-refractivity contribution < 1.29 is 14.3 Å². The molecule has 1 rings (SSSR count). The van der Waals surface area contributed by atoms with Crippen molar-refractivity contribution >= 4 is 35.0 Å². The number of ether oxygens (including phenoxy) is 1. The van der Waals surface area contributed by atoms with Crippen LogP contribution in [0, 0.1) is 0 Å². The number of hydrogen-bond acceptors (Lipinski definition) is 5. The van der Waals surface area contributed by atoms with Crippen LogP contribution in [0.15, 0.2) is 24.3 Å². The van der Waals surface area contributed by atoms with E-state index < -0.39 is 0 Å². The minimum atomic E-state index is -0.303. The number of hydrogen-bond donors (Lipinski definition) is 2. The summed E-state index contributed by atoms with van der Waals surface area (Å²) in [6, 6.07) is 6.87. The molecule has 0 spiro atoms. The molecule has 0 saturated carbocycles. The average Bonchev–Trinajstić information content (AvgIpc) is 2.32. The number of nitrogens with one attached hydrogen (secondary N) is 1. The number of carbonyl (C=O) groups excluding carboxylic acids is 2. The SMILES string of the molecule is CCOC(=O)CSCC(=O)Nc1ccc(N)cc1. The summed E-state index contributed by atoms with van der Waals surface area (Å²) in [7, 11) is 0. The number of rotatable bonds is 6. The van der Waals surface area contributed by atoms with Crippen LogP contribution < -0.4 is 11.1 Å². The topological polar surface area (TPSA) is 81.4 Å². The van der Waals surface area contributed by atoms with E-state index in [4.69, 9.17) is 10.5 Å². The number of esters is 1. The van der Waals surface area contributed by atoms with Crippen molar-refractivity contribution in [3.05, 3.63) is 24.3 Å². The standard InChI is InChI=1S/C12H16N2O3S/c1-2-17-12(16)8-18-7-11(15)14-10-5-3-9(13)4-6-10/h3-6H,2,7-8,13H2,1H3,(H,14,15). The molecule has 6 heteroatoms. The molecule has 0 atom stereocenters. The summed E-state index contributed by atoms with van der Waals surface area (Å²) in [6.45, 7) is 2.10. The zero-order chi connectivity index (χ0) is 13.4. The number of nitrogen functional groups attached to an aromatic ring is 1. The van der Waals surface area contributed by atoms with Crippen molar-refractivity contribution in [3.63, 3.8) is 0 Å². The molecule has 1 aromatic rings. The number of nitrogens with two attached hydrogens (primary N) is 1. The number of anilines is 2. The molecule has 18 heavy (non-hydrogen) atoms. The number of amides is 1. The summed E-state index contributed by atoms with van der Waals surface area (Å²) < 4.78 is 4.75. The molecule has 0 unspecified atom stereocenters. The van der Waals surface area contributed by atoms with E-state index in [0.717, 1.165) is 0 Å². The smallest absolute Gasteiger partial charge is 0.315 e. The fraction of sp³-hybridized carbons (Fsp3) is 0.333. The first-order valence-corrected chi connectivity index (χ1v) is 6.66. The lowest BCUT2D eigenvalue weighted by Crippen LogP contribution is -2.16. The van der Waals surface area contributed by atoms with Crippen LogP contribution in [0.5, 0.6) is 0 Å². The molecule has 0 aromatic heterocycles. The Labute approximate surface area is 110 Å². The van der Waals surface area contributed by atoms with Crippen LogP contribution in [0.3, 0.4) is 0 Å². The van der Waals surface area contributed by atoms with Gasteiger partial charge in [0.1, 0.15) is 0 Å². The summed E-state index contributed by atoms with van der Waals surface area (Å²) in [6.07, 6.45) is 0. The number of benzene rings is 1. The van der Waals surface area contributed by atoms with Crippen molar-refractivity contribution in [2.75, 3.05) is 29.2 Å². The predicted octanol–water partition coefficient (Wildman–Crippen LogP) is 1.50. The van der Waals surface area contributed by atoms with Gasteiger partial charge in [-0.2, -0.15) is 0 Å². The monoisotopic (exact) mass is 268 g/mol. The van der Waals surface area contributed by atoms with E-state index in [0.29, 0.717) is 18.0 Å². The third kappa shape index (κ3) is 5.58. The Hall–Kier alpha value is -1.69. The van der Waals surface area contributed by atoms with Gasteiger partial charge in [0.2, 0.25) is 5.91 Å². The van der Waals surface area contributed by atoms with Crippen LogP contribution in [-0.4, -0.2) is 30.0 Å². The molecule has 0 aliphatic rings. The Bertz CT molecular complexity index is 406. The highest BCUT2D eigenvalue weighted by atomic mass is 32.2. The molecule has 0 aliphatic heterocycles. The molecule has 1 amide bonds. The first-order valence-electron chi connectivity index (χ1n) is 5.50. The van der Waals surface area contributed by atoms with Gasteiger partial charge in [0, 0.05) is 11.4 Å². The normalized spacial score (nSPS) is 9.83. The highest BCUT2D eigenvalue weighted by Crippen LogP contribution is 2.11. The lowest BCUT2D eigenvalue weighted by atomic mass is 10.3. The summed E-state index contributed by atoms with van der Waals surface area (Å²) in [5.74, 6) is -0.0662. The molecule has 0 heterocycles. The molecule has 5 nitrogen and oxygen atoms in total. The van der Waals surface area contributed by atoms with Gasteiger partial charge in [-0.05, 0) is 31.2 Å². The van der Waals surface area contributed by atoms with Crippen LogP contribution in [0.1, 0.15) is 6.92 Å². The molecular formula is C12H16N2O3S. The zero-order valence-electron chi connectivity index (χ0n) is 10.1. The highest BCUT2D eigenvalue weighted by Gasteiger charge is 2.06. The van der Waals surface area contributed by atoms with Gasteiger partial charge in [-0.15, -0.1) is 11.8 Å². The summed E-state index contributed by atoms with van der Waals surface area (Å²) in [5.41, 5.74) is 6.86. The van der Waals surface area contributed by atoms with Crippen LogP contribution >= 0.6 is 11.8 Å². The van der Waals surface area contributed by atoms with Crippen molar-refractivity contribution in [1.82, 2.24) is 0 Å². The Morgan fingerprint density at radius 3 is 2.56 bits per heavy atom. The van der Waals surface area contributed by atoms with E-state index in [-0.39, 0.29) is 23.4 Å². The molecule has 0 bridgehead atoms. The van der Waals surface area contributed by atoms with Gasteiger partial charge in [-0.1, -0.05) is 0 Å². The Morgan fingerprint density at radius 2 is 1.94 bits per heavy atom. The van der Waals surface area contributed by atoms with E-state index in [2.05, 4.69) is 5.32 Å². The zero-order valence-corrected chi connectivity index (χ0v) is 11.0. The second-order valence-electron chi connectivity index (χ2n) is 3.47. The third-order valence-electron chi connectivity index (χ3n) is 1.95. The second-order valence-corrected chi connectivity index (χ2v) is 4.45. The fourth-order valence-corrected chi connectivity index (χ4v) is 1.80. The molecule has 0 radical (unpaired) electrons. The van der Waals surface area contributed by atoms with Gasteiger partial charge in [0.15, 0.2) is 0 Å². The maximum Gasteiger partial charge on any atom is 0.315 e. The lowest BCUT2D eigenvalue weighted by Gasteiger charge is -2.05. The molecule has 98 valence electrons. The van der Waals surface area contributed by atoms with Gasteiger partial charge in [-0.25, -0.2) is 0 Å². The Morgan fingerprint density at radius 1 is 1.28 bits per heavy atom. The number of carbonyl (C=O) groups is 2. The van der Waals surface area contributed by atoms with Crippen molar-refractivity contribution in [3.8, 4) is 0 Å². The number of thioether (sulfide) groups is 1. The second kappa shape index (κ2) is 7.60. The minimum Gasteiger partial charge on any atom is -0.465 e. The average molecular weight is 268 g/mol. The van der Waals surface area contributed by atoms with Crippen LogP contribution in [0.2, 0.25) is 0 Å². The first kappa shape index (κ1) is 14.4. The molecule has 0 fully saturated rings. The third-order valence-corrected chi connectivity index (χ3v) is 2.86. The van der Waals surface area contributed by atoms with E-state index in [1.165, 1.54) is 11.8 Å². The summed E-state index contributed by atoms with van der Waals surface area (Å²) in [5, 5.41) is 2.71. The molecule has 0 saturated heterocycles. The van der Waals surface area contributed by atoms with Gasteiger partial charge < -0.3 is 15.8 Å². The van der Waals surface area contributed by atoms with Gasteiger partial charge in [0.05, 0.1) is 18.1 Å².